The average Bonchev–Trinajstić information content (AvgIpc) is 2.77. The first-order chi connectivity index (χ1) is 9.60. The Hall–Kier alpha value is -2.24. The van der Waals surface area contributed by atoms with Gasteiger partial charge in [0.1, 0.15) is 11.9 Å². The zero-order valence-electron chi connectivity index (χ0n) is 11.6. The fourth-order valence-corrected chi connectivity index (χ4v) is 1.99. The monoisotopic (exact) mass is 278 g/mol. The number of hydrogen-bond acceptors (Lipinski definition) is 4. The topological polar surface area (TPSA) is 67.9 Å². The van der Waals surface area contributed by atoms with Gasteiger partial charge in [0.25, 0.3) is 5.91 Å². The van der Waals surface area contributed by atoms with E-state index in [4.69, 9.17) is 9.47 Å². The quantitative estimate of drug-likeness (QED) is 0.880. The summed E-state index contributed by atoms with van der Waals surface area (Å²) in [6.45, 7) is 1.04. The van der Waals surface area contributed by atoms with Crippen LogP contribution in [0.25, 0.3) is 0 Å². The molecule has 2 amide bonds. The molecule has 1 aromatic rings. The van der Waals surface area contributed by atoms with Crippen LogP contribution in [0.15, 0.2) is 24.3 Å². The summed E-state index contributed by atoms with van der Waals surface area (Å²) in [5.74, 6) is 0.563. The summed E-state index contributed by atoms with van der Waals surface area (Å²) in [6, 6.07) is 6.89. The number of cyclic esters (lactones) is 1. The number of carbonyl (C=O) groups is 2. The minimum atomic E-state index is -0.309. The molecule has 0 bridgehead atoms. The summed E-state index contributed by atoms with van der Waals surface area (Å²) in [7, 11) is 3.27. The van der Waals surface area contributed by atoms with E-state index in [1.165, 1.54) is 4.90 Å². The molecule has 1 N–H and O–H groups in total. The first-order valence-electron chi connectivity index (χ1n) is 6.44. The van der Waals surface area contributed by atoms with Crippen LogP contribution < -0.4 is 10.1 Å². The van der Waals surface area contributed by atoms with Crippen molar-refractivity contribution in [2.75, 3.05) is 27.2 Å². The molecule has 1 fully saturated rings. The average molecular weight is 278 g/mol. The maximum atomic E-state index is 11.9. The molecule has 6 heteroatoms. The standard InChI is InChI=1S/C14H18N2O4/c1-16-9-12(20-14(16)18)7-8-15-13(17)10-3-5-11(19-2)6-4-10/h3-6,12H,7-9H2,1-2H3,(H,15,17). The van der Waals surface area contributed by atoms with Crippen molar-refractivity contribution in [1.82, 2.24) is 10.2 Å². The van der Waals surface area contributed by atoms with Crippen molar-refractivity contribution < 1.29 is 19.1 Å². The Bertz CT molecular complexity index is 486. The Labute approximate surface area is 117 Å². The van der Waals surface area contributed by atoms with E-state index in [9.17, 15) is 9.59 Å². The lowest BCUT2D eigenvalue weighted by Gasteiger charge is -2.09. The normalized spacial score (nSPS) is 17.8. The van der Waals surface area contributed by atoms with Crippen molar-refractivity contribution in [1.29, 1.82) is 0 Å². The van der Waals surface area contributed by atoms with E-state index in [1.807, 2.05) is 0 Å². The Morgan fingerprint density at radius 3 is 2.70 bits per heavy atom. The highest BCUT2D eigenvalue weighted by atomic mass is 16.6. The molecule has 0 aromatic heterocycles. The molecule has 0 aliphatic carbocycles. The summed E-state index contributed by atoms with van der Waals surface area (Å²) >= 11 is 0. The number of rotatable bonds is 5. The Balaban J connectivity index is 1.76. The minimum Gasteiger partial charge on any atom is -0.497 e. The van der Waals surface area contributed by atoms with Gasteiger partial charge in [-0.05, 0) is 24.3 Å². The number of methoxy groups -OCH3 is 1. The molecule has 1 aliphatic rings. The minimum absolute atomic E-state index is 0.148. The predicted molar refractivity (Wildman–Crippen MR) is 72.8 cm³/mol. The molecule has 0 saturated carbocycles. The molecule has 1 saturated heterocycles. The third kappa shape index (κ3) is 3.40. The Morgan fingerprint density at radius 2 is 2.15 bits per heavy atom. The fourth-order valence-electron chi connectivity index (χ4n) is 1.99. The van der Waals surface area contributed by atoms with Crippen LogP contribution in [0.1, 0.15) is 16.8 Å². The summed E-state index contributed by atoms with van der Waals surface area (Å²) in [4.78, 5) is 24.6. The van der Waals surface area contributed by atoms with Crippen LogP contribution in [0.5, 0.6) is 5.75 Å². The highest BCUT2D eigenvalue weighted by molar-refractivity contribution is 5.94. The van der Waals surface area contributed by atoms with E-state index >= 15 is 0 Å². The predicted octanol–water partition coefficient (Wildman–Crippen LogP) is 1.27. The van der Waals surface area contributed by atoms with Gasteiger partial charge in [0.05, 0.1) is 13.7 Å². The highest BCUT2D eigenvalue weighted by Gasteiger charge is 2.27. The van der Waals surface area contributed by atoms with E-state index < -0.39 is 0 Å². The number of ether oxygens (including phenoxy) is 2. The molecule has 1 unspecified atom stereocenters. The second kappa shape index (κ2) is 6.27. The van der Waals surface area contributed by atoms with Gasteiger partial charge >= 0.3 is 6.09 Å². The molecular weight excluding hydrogens is 260 g/mol. The molecule has 20 heavy (non-hydrogen) atoms. The number of nitrogens with one attached hydrogen (secondary N) is 1. The van der Waals surface area contributed by atoms with Gasteiger partial charge in [0.2, 0.25) is 0 Å². The van der Waals surface area contributed by atoms with Gasteiger partial charge in [-0.1, -0.05) is 0 Å². The number of amides is 2. The van der Waals surface area contributed by atoms with E-state index in [1.54, 1.807) is 38.4 Å². The molecular formula is C14H18N2O4. The van der Waals surface area contributed by atoms with Crippen LogP contribution in [-0.2, 0) is 4.74 Å². The zero-order chi connectivity index (χ0) is 14.5. The van der Waals surface area contributed by atoms with Crippen molar-refractivity contribution >= 4 is 12.0 Å². The van der Waals surface area contributed by atoms with Crippen LogP contribution in [-0.4, -0.2) is 50.3 Å². The van der Waals surface area contributed by atoms with E-state index in [2.05, 4.69) is 5.32 Å². The summed E-state index contributed by atoms with van der Waals surface area (Å²) in [6.07, 6.45) is 0.151. The van der Waals surface area contributed by atoms with Gasteiger partial charge in [0.15, 0.2) is 0 Å². The molecule has 6 nitrogen and oxygen atoms in total. The first kappa shape index (κ1) is 14.2. The molecule has 0 radical (unpaired) electrons. The number of hydrogen-bond donors (Lipinski definition) is 1. The number of likely N-dealkylation sites (N-methyl/N-ethyl adjacent to an activating group) is 1. The van der Waals surface area contributed by atoms with Gasteiger partial charge in [-0.25, -0.2) is 4.79 Å². The van der Waals surface area contributed by atoms with Crippen molar-refractivity contribution in [3.63, 3.8) is 0 Å². The largest absolute Gasteiger partial charge is 0.497 e. The van der Waals surface area contributed by atoms with Crippen LogP contribution >= 0.6 is 0 Å². The second-order valence-corrected chi connectivity index (χ2v) is 4.66. The van der Waals surface area contributed by atoms with E-state index in [-0.39, 0.29) is 18.1 Å². The van der Waals surface area contributed by atoms with Gasteiger partial charge in [-0.15, -0.1) is 0 Å². The van der Waals surface area contributed by atoms with Gasteiger partial charge in [-0.2, -0.15) is 0 Å². The lowest BCUT2D eigenvalue weighted by molar-refractivity contribution is 0.0944. The third-order valence-corrected chi connectivity index (χ3v) is 3.16. The number of carbonyl (C=O) groups excluding carboxylic acids is 2. The molecule has 1 aromatic carbocycles. The number of nitrogens with zero attached hydrogens (tertiary/aromatic N) is 1. The van der Waals surface area contributed by atoms with Crippen molar-refractivity contribution in [2.24, 2.45) is 0 Å². The maximum Gasteiger partial charge on any atom is 0.409 e. The lowest BCUT2D eigenvalue weighted by atomic mass is 10.2. The summed E-state index contributed by atoms with van der Waals surface area (Å²) in [5, 5.41) is 2.80. The van der Waals surface area contributed by atoms with Gasteiger partial charge in [0, 0.05) is 25.6 Å². The van der Waals surface area contributed by atoms with Crippen molar-refractivity contribution in [3.05, 3.63) is 29.8 Å². The molecule has 1 atom stereocenters. The Morgan fingerprint density at radius 1 is 1.45 bits per heavy atom. The fraction of sp³-hybridized carbons (Fsp3) is 0.429. The first-order valence-corrected chi connectivity index (χ1v) is 6.44. The SMILES string of the molecule is COc1ccc(C(=O)NCCC2CN(C)C(=O)O2)cc1. The third-order valence-electron chi connectivity index (χ3n) is 3.16. The van der Waals surface area contributed by atoms with E-state index in [0.717, 1.165) is 0 Å². The van der Waals surface area contributed by atoms with Gasteiger partial charge < -0.3 is 19.7 Å². The van der Waals surface area contributed by atoms with Crippen molar-refractivity contribution in [3.8, 4) is 5.75 Å². The number of benzene rings is 1. The zero-order valence-corrected chi connectivity index (χ0v) is 11.6. The smallest absolute Gasteiger partial charge is 0.409 e. The molecule has 0 spiro atoms. The second-order valence-electron chi connectivity index (χ2n) is 4.66. The van der Waals surface area contributed by atoms with Crippen LogP contribution in [0.3, 0.4) is 0 Å². The van der Waals surface area contributed by atoms with Crippen LogP contribution in [0.4, 0.5) is 4.79 Å². The molecule has 1 heterocycles. The van der Waals surface area contributed by atoms with Crippen LogP contribution in [0.2, 0.25) is 0 Å². The highest BCUT2D eigenvalue weighted by Crippen LogP contribution is 2.12. The summed E-state index contributed by atoms with van der Waals surface area (Å²) in [5.41, 5.74) is 0.575. The maximum absolute atomic E-state index is 11.9. The van der Waals surface area contributed by atoms with E-state index in [0.29, 0.717) is 30.8 Å². The van der Waals surface area contributed by atoms with Crippen molar-refractivity contribution in [2.45, 2.75) is 12.5 Å². The molecule has 1 aliphatic heterocycles. The Kier molecular flexibility index (Phi) is 4.45. The van der Waals surface area contributed by atoms with Crippen LogP contribution in [0, 0.1) is 0 Å². The summed E-state index contributed by atoms with van der Waals surface area (Å²) < 4.78 is 10.1. The van der Waals surface area contributed by atoms with Gasteiger partial charge in [-0.3, -0.25) is 4.79 Å². The molecule has 108 valence electrons. The lowest BCUT2D eigenvalue weighted by Crippen LogP contribution is -2.28. The molecule has 2 rings (SSSR count).